The zero-order valence-electron chi connectivity index (χ0n) is 13.8. The van der Waals surface area contributed by atoms with Gasteiger partial charge in [0.25, 0.3) is 5.91 Å². The number of hydrazone groups is 1. The summed E-state index contributed by atoms with van der Waals surface area (Å²) in [5, 5.41) is 6.73. The maximum absolute atomic E-state index is 12.5. The highest BCUT2D eigenvalue weighted by atomic mass is 16.7. The van der Waals surface area contributed by atoms with E-state index in [0.717, 1.165) is 11.1 Å². The highest BCUT2D eigenvalue weighted by Crippen LogP contribution is 2.32. The van der Waals surface area contributed by atoms with Gasteiger partial charge in [-0.05, 0) is 29.3 Å². The lowest BCUT2D eigenvalue weighted by Gasteiger charge is -2.15. The Morgan fingerprint density at radius 1 is 1.15 bits per heavy atom. The second kappa shape index (κ2) is 6.87. The SMILES string of the molecule is O=C1NCC(c2ccccc2)C1C(=O)N/N=C\c1ccc2c(c1)OCO2. The molecule has 0 aliphatic carbocycles. The molecule has 2 aromatic rings. The van der Waals surface area contributed by atoms with Crippen molar-refractivity contribution < 1.29 is 19.1 Å². The van der Waals surface area contributed by atoms with Gasteiger partial charge in [0.05, 0.1) is 6.21 Å². The fraction of sp³-hybridized carbons (Fsp3) is 0.211. The van der Waals surface area contributed by atoms with Crippen molar-refractivity contribution in [1.29, 1.82) is 0 Å². The molecule has 2 amide bonds. The van der Waals surface area contributed by atoms with Crippen LogP contribution in [0.5, 0.6) is 11.5 Å². The lowest BCUT2D eigenvalue weighted by Crippen LogP contribution is -2.34. The van der Waals surface area contributed by atoms with Gasteiger partial charge < -0.3 is 14.8 Å². The molecule has 0 spiro atoms. The highest BCUT2D eigenvalue weighted by molar-refractivity contribution is 6.03. The second-order valence-electron chi connectivity index (χ2n) is 6.09. The summed E-state index contributed by atoms with van der Waals surface area (Å²) in [4.78, 5) is 24.6. The summed E-state index contributed by atoms with van der Waals surface area (Å²) in [5.41, 5.74) is 4.17. The number of carbonyl (C=O) groups is 2. The summed E-state index contributed by atoms with van der Waals surface area (Å²) in [6, 6.07) is 14.9. The summed E-state index contributed by atoms with van der Waals surface area (Å²) in [7, 11) is 0. The van der Waals surface area contributed by atoms with Gasteiger partial charge in [-0.2, -0.15) is 5.10 Å². The number of hydrogen-bond donors (Lipinski definition) is 2. The van der Waals surface area contributed by atoms with E-state index in [-0.39, 0.29) is 18.6 Å². The molecule has 4 rings (SSSR count). The minimum Gasteiger partial charge on any atom is -0.454 e. The number of nitrogens with zero attached hydrogens (tertiary/aromatic N) is 1. The predicted octanol–water partition coefficient (Wildman–Crippen LogP) is 1.40. The Kier molecular flexibility index (Phi) is 4.27. The fourth-order valence-corrected chi connectivity index (χ4v) is 3.17. The van der Waals surface area contributed by atoms with Gasteiger partial charge in [0.2, 0.25) is 12.7 Å². The molecular weight excluding hydrogens is 334 g/mol. The quantitative estimate of drug-likeness (QED) is 0.495. The van der Waals surface area contributed by atoms with Crippen molar-refractivity contribution in [2.24, 2.45) is 11.0 Å². The van der Waals surface area contributed by atoms with E-state index in [1.54, 1.807) is 18.2 Å². The normalized spacial score (nSPS) is 21.0. The first-order valence-corrected chi connectivity index (χ1v) is 8.27. The molecule has 0 radical (unpaired) electrons. The molecule has 7 nitrogen and oxygen atoms in total. The lowest BCUT2D eigenvalue weighted by atomic mass is 9.88. The van der Waals surface area contributed by atoms with Crippen molar-refractivity contribution in [2.75, 3.05) is 13.3 Å². The fourth-order valence-electron chi connectivity index (χ4n) is 3.17. The number of hydrogen-bond acceptors (Lipinski definition) is 5. The van der Waals surface area contributed by atoms with Crippen LogP contribution in [0.2, 0.25) is 0 Å². The van der Waals surface area contributed by atoms with E-state index in [1.807, 2.05) is 30.3 Å². The zero-order valence-corrected chi connectivity index (χ0v) is 13.8. The molecule has 2 atom stereocenters. The molecule has 2 aliphatic rings. The van der Waals surface area contributed by atoms with Crippen LogP contribution in [-0.2, 0) is 9.59 Å². The van der Waals surface area contributed by atoms with Crippen LogP contribution in [0, 0.1) is 5.92 Å². The summed E-state index contributed by atoms with van der Waals surface area (Å²) in [6.07, 6.45) is 1.50. The van der Waals surface area contributed by atoms with Crippen LogP contribution in [0.4, 0.5) is 0 Å². The molecule has 2 aliphatic heterocycles. The third kappa shape index (κ3) is 3.11. The first-order valence-electron chi connectivity index (χ1n) is 8.27. The maximum Gasteiger partial charge on any atom is 0.253 e. The Morgan fingerprint density at radius 2 is 1.96 bits per heavy atom. The topological polar surface area (TPSA) is 89.0 Å². The van der Waals surface area contributed by atoms with Gasteiger partial charge in [0.1, 0.15) is 5.92 Å². The number of rotatable bonds is 4. The van der Waals surface area contributed by atoms with Gasteiger partial charge in [-0.15, -0.1) is 0 Å². The molecule has 1 saturated heterocycles. The number of ether oxygens (including phenoxy) is 2. The number of nitrogens with one attached hydrogen (secondary N) is 2. The molecule has 7 heteroatoms. The minimum atomic E-state index is -0.800. The number of benzene rings is 2. The van der Waals surface area contributed by atoms with Crippen molar-refractivity contribution in [3.8, 4) is 11.5 Å². The Hall–Kier alpha value is -3.35. The summed E-state index contributed by atoms with van der Waals surface area (Å²) >= 11 is 0. The van der Waals surface area contributed by atoms with Gasteiger partial charge in [-0.1, -0.05) is 30.3 Å². The van der Waals surface area contributed by atoms with E-state index in [9.17, 15) is 9.59 Å². The van der Waals surface area contributed by atoms with E-state index in [0.29, 0.717) is 18.0 Å². The van der Waals surface area contributed by atoms with Crippen molar-refractivity contribution >= 4 is 18.0 Å². The Bertz CT molecular complexity index is 866. The molecule has 132 valence electrons. The van der Waals surface area contributed by atoms with Crippen LogP contribution in [0.25, 0.3) is 0 Å². The van der Waals surface area contributed by atoms with Crippen molar-refractivity contribution in [3.05, 3.63) is 59.7 Å². The van der Waals surface area contributed by atoms with E-state index in [2.05, 4.69) is 15.8 Å². The van der Waals surface area contributed by atoms with Crippen molar-refractivity contribution in [3.63, 3.8) is 0 Å². The third-order valence-corrected chi connectivity index (χ3v) is 4.48. The van der Waals surface area contributed by atoms with Crippen LogP contribution >= 0.6 is 0 Å². The average molecular weight is 351 g/mol. The molecule has 0 bridgehead atoms. The van der Waals surface area contributed by atoms with Crippen LogP contribution < -0.4 is 20.2 Å². The van der Waals surface area contributed by atoms with Gasteiger partial charge in [0.15, 0.2) is 11.5 Å². The molecule has 2 unspecified atom stereocenters. The van der Waals surface area contributed by atoms with Gasteiger partial charge in [-0.25, -0.2) is 5.43 Å². The molecule has 1 fully saturated rings. The van der Waals surface area contributed by atoms with E-state index in [1.165, 1.54) is 6.21 Å². The molecule has 26 heavy (non-hydrogen) atoms. The van der Waals surface area contributed by atoms with E-state index >= 15 is 0 Å². The smallest absolute Gasteiger partial charge is 0.253 e. The standard InChI is InChI=1S/C19H17N3O4/c23-18-17(14(10-20-18)13-4-2-1-3-5-13)19(24)22-21-9-12-6-7-15-16(8-12)26-11-25-15/h1-9,14,17H,10-11H2,(H,20,23)(H,22,24)/b21-9-. The van der Waals surface area contributed by atoms with Crippen molar-refractivity contribution in [2.45, 2.75) is 5.92 Å². The summed E-state index contributed by atoms with van der Waals surface area (Å²) in [5.74, 6) is -0.393. The molecule has 2 heterocycles. The Balaban J connectivity index is 1.44. The van der Waals surface area contributed by atoms with E-state index in [4.69, 9.17) is 9.47 Å². The lowest BCUT2D eigenvalue weighted by molar-refractivity contribution is -0.133. The monoisotopic (exact) mass is 351 g/mol. The Labute approximate surface area is 150 Å². The first kappa shape index (κ1) is 16.1. The number of fused-ring (bicyclic) bond motifs is 1. The summed E-state index contributed by atoms with van der Waals surface area (Å²) < 4.78 is 10.5. The number of carbonyl (C=O) groups excluding carboxylic acids is 2. The zero-order chi connectivity index (χ0) is 17.9. The van der Waals surface area contributed by atoms with Crippen molar-refractivity contribution in [1.82, 2.24) is 10.7 Å². The molecule has 0 saturated carbocycles. The van der Waals surface area contributed by atoms with Gasteiger partial charge in [0, 0.05) is 12.5 Å². The molecule has 0 aromatic heterocycles. The van der Waals surface area contributed by atoms with E-state index < -0.39 is 11.8 Å². The molecule has 2 aromatic carbocycles. The van der Waals surface area contributed by atoms with Gasteiger partial charge in [-0.3, -0.25) is 9.59 Å². The van der Waals surface area contributed by atoms with Crippen LogP contribution in [0.1, 0.15) is 17.0 Å². The first-order chi connectivity index (χ1) is 12.7. The largest absolute Gasteiger partial charge is 0.454 e. The predicted molar refractivity (Wildman–Crippen MR) is 94.0 cm³/mol. The Morgan fingerprint density at radius 3 is 2.81 bits per heavy atom. The average Bonchev–Trinajstić information content (AvgIpc) is 3.28. The molecule has 2 N–H and O–H groups in total. The highest BCUT2D eigenvalue weighted by Gasteiger charge is 2.40. The van der Waals surface area contributed by atoms with Crippen LogP contribution in [0.3, 0.4) is 0 Å². The molecular formula is C19H17N3O4. The van der Waals surface area contributed by atoms with Crippen LogP contribution in [0.15, 0.2) is 53.6 Å². The van der Waals surface area contributed by atoms with Crippen LogP contribution in [-0.4, -0.2) is 31.4 Å². The summed E-state index contributed by atoms with van der Waals surface area (Å²) in [6.45, 7) is 0.636. The maximum atomic E-state index is 12.5. The minimum absolute atomic E-state index is 0.199. The van der Waals surface area contributed by atoms with Gasteiger partial charge >= 0.3 is 0 Å². The third-order valence-electron chi connectivity index (χ3n) is 4.48. The second-order valence-corrected chi connectivity index (χ2v) is 6.09. The number of amides is 2.